The molecule has 24 heavy (non-hydrogen) atoms. The van der Waals surface area contributed by atoms with Gasteiger partial charge in [0.25, 0.3) is 0 Å². The van der Waals surface area contributed by atoms with Crippen molar-refractivity contribution in [2.24, 2.45) is 0 Å². The molecule has 0 aromatic heterocycles. The molecule has 0 radical (unpaired) electrons. The highest BCUT2D eigenvalue weighted by molar-refractivity contribution is 5.69. The summed E-state index contributed by atoms with van der Waals surface area (Å²) >= 11 is 0. The van der Waals surface area contributed by atoms with E-state index in [0.717, 1.165) is 6.42 Å². The molecule has 2 aromatic carbocycles. The maximum absolute atomic E-state index is 9.57. The smallest absolute Gasteiger partial charge is 0.115 e. The summed E-state index contributed by atoms with van der Waals surface area (Å²) in [7, 11) is 0. The summed E-state index contributed by atoms with van der Waals surface area (Å²) in [5.41, 5.74) is 5.56. The molecule has 2 aromatic rings. The largest absolute Gasteiger partial charge is 0.508 e. The molecule has 0 amide bonds. The number of aryl methyl sites for hydroxylation is 1. The van der Waals surface area contributed by atoms with E-state index in [0.29, 0.717) is 11.8 Å². The molecule has 0 heterocycles. The summed E-state index contributed by atoms with van der Waals surface area (Å²) in [5, 5.41) is 9.57. The molecule has 1 aliphatic carbocycles. The highest BCUT2D eigenvalue weighted by Crippen LogP contribution is 2.33. The van der Waals surface area contributed by atoms with Crippen LogP contribution in [0.5, 0.6) is 5.75 Å². The standard InChI is InChI=1S/C22H29NO/c1-3-14-23(15-4-2)19-11-8-17-6-5-7-21(22(17)16-19)18-9-12-20(24)13-10-18/h5-7,9-10,12-13,19,24H,3-4,8,11,14-16H2,1-2H3. The van der Waals surface area contributed by atoms with E-state index in [4.69, 9.17) is 0 Å². The molecule has 1 unspecified atom stereocenters. The van der Waals surface area contributed by atoms with E-state index in [1.165, 1.54) is 61.0 Å². The molecule has 2 nitrogen and oxygen atoms in total. The number of fused-ring (bicyclic) bond motifs is 1. The summed E-state index contributed by atoms with van der Waals surface area (Å²) < 4.78 is 0. The normalized spacial score (nSPS) is 17.0. The van der Waals surface area contributed by atoms with Crippen molar-refractivity contribution in [3.05, 3.63) is 53.6 Å². The second kappa shape index (κ2) is 7.85. The Kier molecular flexibility index (Phi) is 5.57. The number of hydrogen-bond acceptors (Lipinski definition) is 2. The fraction of sp³-hybridized carbons (Fsp3) is 0.455. The quantitative estimate of drug-likeness (QED) is 0.805. The van der Waals surface area contributed by atoms with Gasteiger partial charge in [0, 0.05) is 6.04 Å². The van der Waals surface area contributed by atoms with Gasteiger partial charge in [0.05, 0.1) is 0 Å². The van der Waals surface area contributed by atoms with Gasteiger partial charge in [-0.3, -0.25) is 0 Å². The highest BCUT2D eigenvalue weighted by atomic mass is 16.3. The zero-order valence-corrected chi connectivity index (χ0v) is 15.0. The zero-order valence-electron chi connectivity index (χ0n) is 15.0. The topological polar surface area (TPSA) is 23.5 Å². The summed E-state index contributed by atoms with van der Waals surface area (Å²) in [6, 6.07) is 15.0. The van der Waals surface area contributed by atoms with Crippen LogP contribution >= 0.6 is 0 Å². The number of phenols is 1. The monoisotopic (exact) mass is 323 g/mol. The molecule has 3 rings (SSSR count). The Morgan fingerprint density at radius 3 is 2.38 bits per heavy atom. The predicted octanol–water partition coefficient (Wildman–Crippen LogP) is 5.04. The van der Waals surface area contributed by atoms with Crippen LogP contribution in [-0.4, -0.2) is 29.1 Å². The number of hydrogen-bond donors (Lipinski definition) is 1. The number of benzene rings is 2. The van der Waals surface area contributed by atoms with Gasteiger partial charge in [-0.2, -0.15) is 0 Å². The Labute approximate surface area is 146 Å². The zero-order chi connectivity index (χ0) is 16.9. The van der Waals surface area contributed by atoms with Crippen LogP contribution in [0.1, 0.15) is 44.2 Å². The first-order valence-electron chi connectivity index (χ1n) is 9.37. The summed E-state index contributed by atoms with van der Waals surface area (Å²) in [4.78, 5) is 2.69. The van der Waals surface area contributed by atoms with Gasteiger partial charge >= 0.3 is 0 Å². The first-order valence-corrected chi connectivity index (χ1v) is 9.37. The van der Waals surface area contributed by atoms with Crippen molar-refractivity contribution in [3.63, 3.8) is 0 Å². The first-order chi connectivity index (χ1) is 11.7. The summed E-state index contributed by atoms with van der Waals surface area (Å²) in [6.07, 6.45) is 6.04. The molecule has 0 saturated carbocycles. The minimum absolute atomic E-state index is 0.332. The minimum Gasteiger partial charge on any atom is -0.508 e. The van der Waals surface area contributed by atoms with E-state index in [1.807, 2.05) is 12.1 Å². The number of phenolic OH excluding ortho intramolecular Hbond substituents is 1. The van der Waals surface area contributed by atoms with Crippen molar-refractivity contribution in [1.29, 1.82) is 0 Å². The van der Waals surface area contributed by atoms with Gasteiger partial charge in [-0.15, -0.1) is 0 Å². The molecule has 1 N–H and O–H groups in total. The second-order valence-electron chi connectivity index (χ2n) is 6.92. The molecule has 1 aliphatic rings. The molecule has 1 atom stereocenters. The molecule has 0 spiro atoms. The lowest BCUT2D eigenvalue weighted by molar-refractivity contribution is 0.180. The highest BCUT2D eigenvalue weighted by Gasteiger charge is 2.25. The Hall–Kier alpha value is -1.80. The van der Waals surface area contributed by atoms with Gasteiger partial charge in [0.2, 0.25) is 0 Å². The molecule has 0 aliphatic heterocycles. The third-order valence-electron chi connectivity index (χ3n) is 5.18. The first kappa shape index (κ1) is 17.0. The maximum Gasteiger partial charge on any atom is 0.115 e. The molecular weight excluding hydrogens is 294 g/mol. The Bertz CT molecular complexity index is 656. The van der Waals surface area contributed by atoms with E-state index in [1.54, 1.807) is 12.1 Å². The molecular formula is C22H29NO. The summed E-state index contributed by atoms with van der Waals surface area (Å²) in [5.74, 6) is 0.332. The van der Waals surface area contributed by atoms with Crippen molar-refractivity contribution >= 4 is 0 Å². The average molecular weight is 323 g/mol. The van der Waals surface area contributed by atoms with Crippen LogP contribution in [0, 0.1) is 0 Å². The average Bonchev–Trinajstić information content (AvgIpc) is 2.61. The van der Waals surface area contributed by atoms with Crippen LogP contribution in [0.4, 0.5) is 0 Å². The van der Waals surface area contributed by atoms with Crippen molar-refractivity contribution < 1.29 is 5.11 Å². The maximum atomic E-state index is 9.57. The minimum atomic E-state index is 0.332. The van der Waals surface area contributed by atoms with Gasteiger partial charge in [-0.25, -0.2) is 0 Å². The van der Waals surface area contributed by atoms with E-state index >= 15 is 0 Å². The SMILES string of the molecule is CCCN(CCC)C1CCc2cccc(-c3ccc(O)cc3)c2C1. The molecule has 0 saturated heterocycles. The van der Waals surface area contributed by atoms with Gasteiger partial charge in [-0.05, 0) is 79.6 Å². The van der Waals surface area contributed by atoms with E-state index < -0.39 is 0 Å². The Balaban J connectivity index is 1.90. The van der Waals surface area contributed by atoms with E-state index in [2.05, 4.69) is 36.9 Å². The van der Waals surface area contributed by atoms with Gasteiger partial charge in [-0.1, -0.05) is 44.2 Å². The van der Waals surface area contributed by atoms with Crippen LogP contribution in [0.2, 0.25) is 0 Å². The fourth-order valence-corrected chi connectivity index (χ4v) is 4.04. The van der Waals surface area contributed by atoms with Crippen LogP contribution in [0.25, 0.3) is 11.1 Å². The lowest BCUT2D eigenvalue weighted by Gasteiger charge is -2.36. The number of nitrogens with zero attached hydrogens (tertiary/aromatic N) is 1. The van der Waals surface area contributed by atoms with Crippen molar-refractivity contribution in [2.45, 2.75) is 52.0 Å². The second-order valence-corrected chi connectivity index (χ2v) is 6.92. The van der Waals surface area contributed by atoms with Crippen LogP contribution in [0.15, 0.2) is 42.5 Å². The molecule has 0 fully saturated rings. The van der Waals surface area contributed by atoms with E-state index in [-0.39, 0.29) is 0 Å². The van der Waals surface area contributed by atoms with Crippen molar-refractivity contribution in [1.82, 2.24) is 4.90 Å². The van der Waals surface area contributed by atoms with Crippen molar-refractivity contribution in [2.75, 3.05) is 13.1 Å². The van der Waals surface area contributed by atoms with Crippen LogP contribution in [-0.2, 0) is 12.8 Å². The summed E-state index contributed by atoms with van der Waals surface area (Å²) in [6.45, 7) is 6.97. The lowest BCUT2D eigenvalue weighted by atomic mass is 9.83. The van der Waals surface area contributed by atoms with Crippen LogP contribution < -0.4 is 0 Å². The molecule has 2 heteroatoms. The Morgan fingerprint density at radius 2 is 1.71 bits per heavy atom. The molecule has 0 bridgehead atoms. The van der Waals surface area contributed by atoms with E-state index in [9.17, 15) is 5.11 Å². The van der Waals surface area contributed by atoms with Gasteiger partial charge in [0.15, 0.2) is 0 Å². The predicted molar refractivity (Wildman–Crippen MR) is 102 cm³/mol. The number of aromatic hydroxyl groups is 1. The number of rotatable bonds is 6. The third-order valence-corrected chi connectivity index (χ3v) is 5.18. The third kappa shape index (κ3) is 3.64. The van der Waals surface area contributed by atoms with Crippen LogP contribution in [0.3, 0.4) is 0 Å². The fourth-order valence-electron chi connectivity index (χ4n) is 4.04. The van der Waals surface area contributed by atoms with Gasteiger partial charge in [0.1, 0.15) is 5.75 Å². The Morgan fingerprint density at radius 1 is 1.00 bits per heavy atom. The van der Waals surface area contributed by atoms with Gasteiger partial charge < -0.3 is 10.0 Å². The molecule has 128 valence electrons. The lowest BCUT2D eigenvalue weighted by Crippen LogP contribution is -2.40. The van der Waals surface area contributed by atoms with Crippen molar-refractivity contribution in [3.8, 4) is 16.9 Å².